The second-order valence-electron chi connectivity index (χ2n) is 7.59. The van der Waals surface area contributed by atoms with E-state index < -0.39 is 10.0 Å². The van der Waals surface area contributed by atoms with Gasteiger partial charge in [-0.1, -0.05) is 36.3 Å². The van der Waals surface area contributed by atoms with Crippen LogP contribution < -0.4 is 9.62 Å². The molecule has 1 saturated heterocycles. The van der Waals surface area contributed by atoms with Gasteiger partial charge in [0.05, 0.1) is 4.90 Å². The highest BCUT2D eigenvalue weighted by atomic mass is 32.2. The van der Waals surface area contributed by atoms with Crippen LogP contribution in [-0.4, -0.2) is 45.0 Å². The van der Waals surface area contributed by atoms with Crippen LogP contribution in [0.2, 0.25) is 0 Å². The van der Waals surface area contributed by atoms with Gasteiger partial charge in [0.1, 0.15) is 6.04 Å². The number of piperazine rings is 1. The molecule has 29 heavy (non-hydrogen) atoms. The van der Waals surface area contributed by atoms with Gasteiger partial charge in [-0.15, -0.1) is 5.92 Å². The average molecular weight is 412 g/mol. The Morgan fingerprint density at radius 1 is 1.07 bits per heavy atom. The van der Waals surface area contributed by atoms with Gasteiger partial charge in [0.25, 0.3) is 0 Å². The number of anilines is 1. The van der Waals surface area contributed by atoms with Crippen LogP contribution in [0.3, 0.4) is 0 Å². The zero-order valence-corrected chi connectivity index (χ0v) is 18.1. The van der Waals surface area contributed by atoms with Crippen LogP contribution in [0.15, 0.2) is 59.5 Å². The molecule has 2 aromatic rings. The van der Waals surface area contributed by atoms with Gasteiger partial charge in [-0.05, 0) is 50.6 Å². The lowest BCUT2D eigenvalue weighted by Crippen LogP contribution is -2.52. The summed E-state index contributed by atoms with van der Waals surface area (Å²) in [6.45, 7) is 9.04. The zero-order chi connectivity index (χ0) is 20.9. The van der Waals surface area contributed by atoms with E-state index >= 15 is 0 Å². The Kier molecular flexibility index (Phi) is 6.96. The molecule has 2 aromatic carbocycles. The van der Waals surface area contributed by atoms with Crippen LogP contribution in [-0.2, 0) is 16.6 Å². The molecule has 0 bridgehead atoms. The number of hydrogen-bond donors (Lipinski definition) is 1. The predicted molar refractivity (Wildman–Crippen MR) is 118 cm³/mol. The van der Waals surface area contributed by atoms with E-state index in [4.69, 9.17) is 0 Å². The first-order valence-corrected chi connectivity index (χ1v) is 11.4. The topological polar surface area (TPSA) is 52.7 Å². The van der Waals surface area contributed by atoms with E-state index in [0.717, 1.165) is 31.9 Å². The molecule has 0 aliphatic carbocycles. The summed E-state index contributed by atoms with van der Waals surface area (Å²) in [5.74, 6) is 6.38. The standard InChI is InChI=1S/C23H29N3O2S/c1-4-8-22-18-25(17-20-9-6-5-7-10-20)15-16-26(22)21-11-13-23(14-12-21)29(27,28)24-19(2)3/h5-7,9-14,19,22,24H,15-18H2,1-3H3. The molecule has 3 rings (SSSR count). The third-order valence-corrected chi connectivity index (χ3v) is 6.57. The van der Waals surface area contributed by atoms with Crippen molar-refractivity contribution in [2.75, 3.05) is 24.5 Å². The van der Waals surface area contributed by atoms with E-state index in [2.05, 4.69) is 50.6 Å². The van der Waals surface area contributed by atoms with Crippen molar-refractivity contribution in [1.29, 1.82) is 0 Å². The van der Waals surface area contributed by atoms with Crippen molar-refractivity contribution in [1.82, 2.24) is 9.62 Å². The van der Waals surface area contributed by atoms with Crippen LogP contribution in [0.25, 0.3) is 0 Å². The average Bonchev–Trinajstić information content (AvgIpc) is 2.68. The van der Waals surface area contributed by atoms with Gasteiger partial charge in [0.15, 0.2) is 0 Å². The molecule has 6 heteroatoms. The van der Waals surface area contributed by atoms with Crippen LogP contribution in [0.1, 0.15) is 26.3 Å². The highest BCUT2D eigenvalue weighted by Crippen LogP contribution is 2.23. The Morgan fingerprint density at radius 3 is 2.38 bits per heavy atom. The van der Waals surface area contributed by atoms with Crippen molar-refractivity contribution in [2.24, 2.45) is 0 Å². The maximum atomic E-state index is 12.4. The first-order valence-electron chi connectivity index (χ1n) is 9.96. The molecule has 1 unspecified atom stereocenters. The molecule has 1 aliphatic heterocycles. The smallest absolute Gasteiger partial charge is 0.240 e. The highest BCUT2D eigenvalue weighted by molar-refractivity contribution is 7.89. The van der Waals surface area contributed by atoms with Crippen molar-refractivity contribution in [2.45, 2.75) is 44.3 Å². The fourth-order valence-electron chi connectivity index (χ4n) is 3.62. The fraction of sp³-hybridized carbons (Fsp3) is 0.391. The number of nitrogens with one attached hydrogen (secondary N) is 1. The van der Waals surface area contributed by atoms with Crippen molar-refractivity contribution < 1.29 is 8.42 Å². The predicted octanol–water partition coefficient (Wildman–Crippen LogP) is 3.09. The van der Waals surface area contributed by atoms with Gasteiger partial charge < -0.3 is 4.90 Å². The fourth-order valence-corrected chi connectivity index (χ4v) is 4.87. The summed E-state index contributed by atoms with van der Waals surface area (Å²) >= 11 is 0. The molecule has 1 aliphatic rings. The molecular formula is C23H29N3O2S. The molecule has 1 atom stereocenters. The summed E-state index contributed by atoms with van der Waals surface area (Å²) in [6, 6.07) is 17.5. The molecule has 1 heterocycles. The molecule has 1 fully saturated rings. The number of hydrogen-bond acceptors (Lipinski definition) is 4. The lowest BCUT2D eigenvalue weighted by Gasteiger charge is -2.40. The quantitative estimate of drug-likeness (QED) is 0.743. The summed E-state index contributed by atoms with van der Waals surface area (Å²) < 4.78 is 27.3. The molecule has 0 radical (unpaired) electrons. The Hall–Kier alpha value is -2.33. The van der Waals surface area contributed by atoms with Gasteiger partial charge in [0.2, 0.25) is 10.0 Å². The summed E-state index contributed by atoms with van der Waals surface area (Å²) in [5, 5.41) is 0. The molecule has 0 saturated carbocycles. The van der Waals surface area contributed by atoms with Gasteiger partial charge in [0, 0.05) is 37.9 Å². The summed E-state index contributed by atoms with van der Waals surface area (Å²) in [6.07, 6.45) is 0. The maximum absolute atomic E-state index is 12.4. The molecule has 0 aromatic heterocycles. The lowest BCUT2D eigenvalue weighted by molar-refractivity contribution is 0.232. The SMILES string of the molecule is CC#CC1CN(Cc2ccccc2)CCN1c1ccc(S(=O)(=O)NC(C)C)cc1. The second-order valence-corrected chi connectivity index (χ2v) is 9.31. The number of benzene rings is 2. The third-order valence-electron chi connectivity index (χ3n) is 4.89. The van der Waals surface area contributed by atoms with Gasteiger partial charge in [-0.25, -0.2) is 13.1 Å². The van der Waals surface area contributed by atoms with Crippen molar-refractivity contribution >= 4 is 15.7 Å². The van der Waals surface area contributed by atoms with Gasteiger partial charge >= 0.3 is 0 Å². The highest BCUT2D eigenvalue weighted by Gasteiger charge is 2.26. The van der Waals surface area contributed by atoms with Crippen LogP contribution in [0.4, 0.5) is 5.69 Å². The van der Waals surface area contributed by atoms with E-state index in [0.29, 0.717) is 0 Å². The number of rotatable bonds is 6. The molecule has 0 amide bonds. The maximum Gasteiger partial charge on any atom is 0.240 e. The van der Waals surface area contributed by atoms with Gasteiger partial charge in [-0.2, -0.15) is 0 Å². The Bertz CT molecular complexity index is 961. The number of nitrogens with zero attached hydrogens (tertiary/aromatic N) is 2. The lowest BCUT2D eigenvalue weighted by atomic mass is 10.1. The first kappa shape index (κ1) is 21.4. The van der Waals surface area contributed by atoms with Crippen LogP contribution >= 0.6 is 0 Å². The zero-order valence-electron chi connectivity index (χ0n) is 17.3. The van der Waals surface area contributed by atoms with Crippen molar-refractivity contribution in [3.05, 3.63) is 60.2 Å². The van der Waals surface area contributed by atoms with E-state index in [1.807, 2.05) is 39.0 Å². The monoisotopic (exact) mass is 411 g/mol. The summed E-state index contributed by atoms with van der Waals surface area (Å²) in [5.41, 5.74) is 2.30. The van der Waals surface area contributed by atoms with E-state index in [1.54, 1.807) is 12.1 Å². The number of sulfonamides is 1. The normalized spacial score (nSPS) is 17.8. The molecule has 0 spiro atoms. The minimum atomic E-state index is -3.48. The Balaban J connectivity index is 1.73. The second kappa shape index (κ2) is 9.45. The molecule has 154 valence electrons. The van der Waals surface area contributed by atoms with E-state index in [-0.39, 0.29) is 17.0 Å². The minimum Gasteiger partial charge on any atom is -0.355 e. The third kappa shape index (κ3) is 5.60. The molecule has 1 N–H and O–H groups in total. The minimum absolute atomic E-state index is 0.0775. The molecule has 5 nitrogen and oxygen atoms in total. The van der Waals surface area contributed by atoms with E-state index in [1.165, 1.54) is 5.56 Å². The van der Waals surface area contributed by atoms with Crippen LogP contribution in [0.5, 0.6) is 0 Å². The van der Waals surface area contributed by atoms with Crippen molar-refractivity contribution in [3.63, 3.8) is 0 Å². The molecular weight excluding hydrogens is 382 g/mol. The summed E-state index contributed by atoms with van der Waals surface area (Å²) in [7, 11) is -3.48. The Labute approximate surface area is 174 Å². The van der Waals surface area contributed by atoms with Crippen LogP contribution in [0, 0.1) is 11.8 Å². The van der Waals surface area contributed by atoms with Gasteiger partial charge in [-0.3, -0.25) is 4.90 Å². The Morgan fingerprint density at radius 2 is 1.76 bits per heavy atom. The largest absolute Gasteiger partial charge is 0.355 e. The summed E-state index contributed by atoms with van der Waals surface area (Å²) in [4.78, 5) is 4.98. The van der Waals surface area contributed by atoms with Crippen molar-refractivity contribution in [3.8, 4) is 11.8 Å². The first-order chi connectivity index (χ1) is 13.9. The van der Waals surface area contributed by atoms with E-state index in [9.17, 15) is 8.42 Å².